The van der Waals surface area contributed by atoms with Crippen LogP contribution in [0.3, 0.4) is 0 Å². The second-order valence-corrected chi connectivity index (χ2v) is 12.6. The van der Waals surface area contributed by atoms with Crippen molar-refractivity contribution in [3.63, 3.8) is 0 Å². The van der Waals surface area contributed by atoms with Gasteiger partial charge in [-0.05, 0) is 45.8 Å². The summed E-state index contributed by atoms with van der Waals surface area (Å²) in [5.41, 5.74) is 8.65. The Morgan fingerprint density at radius 2 is 0.979 bits per heavy atom. The molecule has 48 heavy (non-hydrogen) atoms. The fourth-order valence-electron chi connectivity index (χ4n) is 8.07. The summed E-state index contributed by atoms with van der Waals surface area (Å²) < 4.78 is 4.78. The van der Waals surface area contributed by atoms with Gasteiger partial charge in [0.15, 0.2) is 0 Å². The molecule has 0 unspecified atom stereocenters. The fraction of sp³-hybridized carbons (Fsp3) is 0. The number of nitrogens with zero attached hydrogens (tertiary/aromatic N) is 4. The standard InChI is InChI=1S/C44H26N4/c1-2-14-28(15-3-1)40-35-26-25-27-13-4-5-16-29(27)41(35)46-44(45-40)48-38-24-12-21-33-31-18-7-6-17-30(31)32-19-8-10-22-36(32)47-37-23-11-9-20-34(37)42(48)43(47)39(33)38/h1-26H. The van der Waals surface area contributed by atoms with Crippen molar-refractivity contribution in [2.24, 2.45) is 0 Å². The Kier molecular flexibility index (Phi) is 5.08. The summed E-state index contributed by atoms with van der Waals surface area (Å²) >= 11 is 0. The smallest absolute Gasteiger partial charge is 0.235 e. The number of para-hydroxylation sites is 2. The number of fused-ring (bicyclic) bond motifs is 11. The van der Waals surface area contributed by atoms with Crippen molar-refractivity contribution in [3.8, 4) is 17.2 Å². The number of aromatic nitrogens is 4. The first-order valence-corrected chi connectivity index (χ1v) is 16.4. The molecule has 0 atom stereocenters. The maximum Gasteiger partial charge on any atom is 0.235 e. The summed E-state index contributed by atoms with van der Waals surface area (Å²) in [5.74, 6) is 0.665. The van der Waals surface area contributed by atoms with Crippen molar-refractivity contribution >= 4 is 81.6 Å². The van der Waals surface area contributed by atoms with Crippen molar-refractivity contribution in [1.82, 2.24) is 18.9 Å². The topological polar surface area (TPSA) is 35.1 Å². The molecule has 0 aliphatic carbocycles. The van der Waals surface area contributed by atoms with Gasteiger partial charge >= 0.3 is 0 Å². The van der Waals surface area contributed by atoms with Crippen LogP contribution in [0.25, 0.3) is 98.8 Å². The largest absolute Gasteiger partial charge is 0.306 e. The van der Waals surface area contributed by atoms with Crippen molar-refractivity contribution in [1.29, 1.82) is 0 Å². The van der Waals surface area contributed by atoms with E-state index in [0.717, 1.165) is 49.5 Å². The van der Waals surface area contributed by atoms with Gasteiger partial charge in [-0.25, -0.2) is 9.97 Å². The van der Waals surface area contributed by atoms with E-state index in [1.54, 1.807) is 0 Å². The minimum atomic E-state index is 0.665. The molecule has 4 heteroatoms. The third kappa shape index (κ3) is 3.33. The lowest BCUT2D eigenvalue weighted by molar-refractivity contribution is 1.02. The Morgan fingerprint density at radius 3 is 1.79 bits per heavy atom. The van der Waals surface area contributed by atoms with E-state index in [9.17, 15) is 0 Å². The third-order valence-corrected chi connectivity index (χ3v) is 10.1. The lowest BCUT2D eigenvalue weighted by atomic mass is 10.0. The van der Waals surface area contributed by atoms with E-state index >= 15 is 0 Å². The zero-order chi connectivity index (χ0) is 31.3. The van der Waals surface area contributed by atoms with Crippen molar-refractivity contribution in [3.05, 3.63) is 158 Å². The number of hydrogen-bond donors (Lipinski definition) is 0. The predicted molar refractivity (Wildman–Crippen MR) is 200 cm³/mol. The van der Waals surface area contributed by atoms with Crippen LogP contribution in [0.5, 0.6) is 0 Å². The van der Waals surface area contributed by atoms with Gasteiger partial charge in [-0.1, -0.05) is 133 Å². The summed E-state index contributed by atoms with van der Waals surface area (Å²) in [6, 6.07) is 56.4. The van der Waals surface area contributed by atoms with Crippen molar-refractivity contribution in [2.75, 3.05) is 0 Å². The van der Waals surface area contributed by atoms with E-state index in [1.807, 2.05) is 0 Å². The fourth-order valence-corrected chi connectivity index (χ4v) is 8.07. The summed E-state index contributed by atoms with van der Waals surface area (Å²) in [6.45, 7) is 0. The SMILES string of the molecule is c1ccc(-c2nc(-n3c4cccc5c6ccccc6c6ccccc6n6c7ccccc7c3c6c54)nc3c2ccc2ccccc23)cc1. The minimum absolute atomic E-state index is 0.665. The second kappa shape index (κ2) is 9.50. The molecule has 0 fully saturated rings. The van der Waals surface area contributed by atoms with Crippen LogP contribution < -0.4 is 0 Å². The summed E-state index contributed by atoms with van der Waals surface area (Å²) in [6.07, 6.45) is 0. The molecule has 11 aromatic rings. The van der Waals surface area contributed by atoms with E-state index < -0.39 is 0 Å². The zero-order valence-electron chi connectivity index (χ0n) is 25.8. The van der Waals surface area contributed by atoms with E-state index in [2.05, 4.69) is 167 Å². The number of hydrogen-bond acceptors (Lipinski definition) is 2. The van der Waals surface area contributed by atoms with E-state index in [1.165, 1.54) is 43.4 Å². The molecule has 0 radical (unpaired) electrons. The Morgan fingerprint density at radius 1 is 0.375 bits per heavy atom. The molecular formula is C44H26N4. The lowest BCUT2D eigenvalue weighted by Crippen LogP contribution is -2.03. The van der Waals surface area contributed by atoms with Crippen LogP contribution >= 0.6 is 0 Å². The second-order valence-electron chi connectivity index (χ2n) is 12.6. The molecule has 11 rings (SSSR count). The molecule has 0 amide bonds. The van der Waals surface area contributed by atoms with Gasteiger partial charge in [-0.2, -0.15) is 0 Å². The van der Waals surface area contributed by atoms with Crippen LogP contribution in [0.2, 0.25) is 0 Å². The van der Waals surface area contributed by atoms with Crippen LogP contribution in [0, 0.1) is 0 Å². The minimum Gasteiger partial charge on any atom is -0.306 e. The third-order valence-electron chi connectivity index (χ3n) is 10.1. The first-order chi connectivity index (χ1) is 23.8. The Labute approximate surface area is 274 Å². The summed E-state index contributed by atoms with van der Waals surface area (Å²) in [7, 11) is 0. The van der Waals surface area contributed by atoms with Gasteiger partial charge in [0.1, 0.15) is 0 Å². The van der Waals surface area contributed by atoms with Gasteiger partial charge in [-0.3, -0.25) is 4.57 Å². The maximum absolute atomic E-state index is 5.48. The number of benzene rings is 7. The quantitative estimate of drug-likeness (QED) is 0.183. The molecule has 0 bridgehead atoms. The molecule has 0 spiro atoms. The van der Waals surface area contributed by atoms with Gasteiger partial charge in [0, 0.05) is 32.5 Å². The van der Waals surface area contributed by atoms with E-state index in [0.29, 0.717) is 5.95 Å². The van der Waals surface area contributed by atoms with Crippen LogP contribution in [0.1, 0.15) is 0 Å². The summed E-state index contributed by atoms with van der Waals surface area (Å²) in [5, 5.41) is 10.6. The van der Waals surface area contributed by atoms with E-state index in [-0.39, 0.29) is 0 Å². The Hall–Kier alpha value is -6.52. The Balaban J connectivity index is 1.43. The molecule has 0 N–H and O–H groups in total. The highest BCUT2D eigenvalue weighted by Crippen LogP contribution is 2.44. The average Bonchev–Trinajstić information content (AvgIpc) is 3.66. The molecule has 4 heterocycles. The first kappa shape index (κ1) is 25.6. The molecule has 0 saturated carbocycles. The average molecular weight is 611 g/mol. The van der Waals surface area contributed by atoms with Crippen LogP contribution in [0.15, 0.2) is 158 Å². The van der Waals surface area contributed by atoms with Gasteiger partial charge in [-0.15, -0.1) is 0 Å². The van der Waals surface area contributed by atoms with Gasteiger partial charge < -0.3 is 4.40 Å². The van der Waals surface area contributed by atoms with Crippen molar-refractivity contribution in [2.45, 2.75) is 0 Å². The van der Waals surface area contributed by atoms with Crippen LogP contribution in [-0.2, 0) is 0 Å². The highest BCUT2D eigenvalue weighted by molar-refractivity contribution is 6.29. The lowest BCUT2D eigenvalue weighted by Gasteiger charge is -2.13. The van der Waals surface area contributed by atoms with Crippen LogP contribution in [-0.4, -0.2) is 18.9 Å². The molecule has 4 aromatic heterocycles. The van der Waals surface area contributed by atoms with Crippen LogP contribution in [0.4, 0.5) is 0 Å². The molecule has 222 valence electrons. The normalized spacial score (nSPS) is 12.2. The van der Waals surface area contributed by atoms with Crippen molar-refractivity contribution < 1.29 is 0 Å². The molecule has 0 aliphatic heterocycles. The zero-order valence-corrected chi connectivity index (χ0v) is 25.8. The molecule has 0 aliphatic rings. The van der Waals surface area contributed by atoms with Gasteiger partial charge in [0.2, 0.25) is 5.95 Å². The Bertz CT molecular complexity index is 3110. The highest BCUT2D eigenvalue weighted by Gasteiger charge is 2.25. The predicted octanol–water partition coefficient (Wildman–Crippen LogP) is 11.3. The molecule has 7 aromatic carbocycles. The maximum atomic E-state index is 5.48. The first-order valence-electron chi connectivity index (χ1n) is 16.4. The van der Waals surface area contributed by atoms with Gasteiger partial charge in [0.05, 0.1) is 38.8 Å². The van der Waals surface area contributed by atoms with Gasteiger partial charge in [0.25, 0.3) is 0 Å². The molecular weight excluding hydrogens is 585 g/mol. The molecule has 0 saturated heterocycles. The summed E-state index contributed by atoms with van der Waals surface area (Å²) in [4.78, 5) is 10.9. The monoisotopic (exact) mass is 610 g/mol. The van der Waals surface area contributed by atoms with E-state index in [4.69, 9.17) is 9.97 Å². The molecule has 4 nitrogen and oxygen atoms in total. The highest BCUT2D eigenvalue weighted by atomic mass is 15.2. The number of rotatable bonds is 2.